The Labute approximate surface area is 340 Å². The number of pyridine rings is 1. The van der Waals surface area contributed by atoms with Gasteiger partial charge in [-0.1, -0.05) is 194 Å². The van der Waals surface area contributed by atoms with Crippen molar-refractivity contribution in [1.29, 1.82) is 0 Å². The number of rotatable bonds is 4. The molecule has 3 heterocycles. The Morgan fingerprint density at radius 1 is 0.328 bits per heavy atom. The second-order valence-electron chi connectivity index (χ2n) is 14.9. The van der Waals surface area contributed by atoms with Gasteiger partial charge in [-0.2, -0.15) is 0 Å². The third kappa shape index (κ3) is 4.77. The monoisotopic (exact) mass is 756 g/mol. The highest BCUT2D eigenvalue weighted by Gasteiger charge is 2.51. The lowest BCUT2D eigenvalue weighted by molar-refractivity contribution is 0.723. The fourth-order valence-electron chi connectivity index (χ4n) is 9.42. The number of nitrogens with zero attached hydrogens (tertiary/aromatic N) is 4. The smallest absolute Gasteiger partial charge is 0.165 e. The molecule has 12 rings (SSSR count). The maximum atomic E-state index is 5.39. The highest BCUT2D eigenvalue weighted by atomic mass is 32.2. The standard InChI is InChI=1S/C53H32N4S/c1-2-16-34(17-3-1)50-55-51(41-25-12-19-33-15-4-6-20-36(33)41)57-52(56-50)42-26-14-30-47-49(42)58-48-40(43-32-54-31-35-18-5-7-21-37(35)43)24-13-29-46(48)53(47)44-27-10-8-22-38(44)39-23-9-11-28-45(39)53/h1-32H. The van der Waals surface area contributed by atoms with Crippen LogP contribution in [-0.4, -0.2) is 19.9 Å². The van der Waals surface area contributed by atoms with Crippen molar-refractivity contribution in [2.45, 2.75) is 15.2 Å². The van der Waals surface area contributed by atoms with Crippen LogP contribution >= 0.6 is 11.8 Å². The van der Waals surface area contributed by atoms with Gasteiger partial charge in [-0.3, -0.25) is 4.98 Å². The average Bonchev–Trinajstić information content (AvgIpc) is 3.59. The Bertz CT molecular complexity index is 3230. The van der Waals surface area contributed by atoms with Crippen LogP contribution in [-0.2, 0) is 5.41 Å². The zero-order valence-electron chi connectivity index (χ0n) is 31.2. The summed E-state index contributed by atoms with van der Waals surface area (Å²) in [4.78, 5) is 23.0. The van der Waals surface area contributed by atoms with Gasteiger partial charge in [0.25, 0.3) is 0 Å². The first-order chi connectivity index (χ1) is 28.8. The van der Waals surface area contributed by atoms with Gasteiger partial charge in [0, 0.05) is 49.8 Å². The molecule has 0 bridgehead atoms. The second kappa shape index (κ2) is 12.9. The van der Waals surface area contributed by atoms with Crippen LogP contribution in [0.15, 0.2) is 204 Å². The maximum absolute atomic E-state index is 5.39. The Balaban J connectivity index is 1.18. The van der Waals surface area contributed by atoms with Crippen molar-refractivity contribution in [1.82, 2.24) is 19.9 Å². The normalized spacial score (nSPS) is 13.2. The number of hydrogen-bond acceptors (Lipinski definition) is 5. The van der Waals surface area contributed by atoms with E-state index in [-0.39, 0.29) is 0 Å². The predicted octanol–water partition coefficient (Wildman–Crippen LogP) is 13.1. The third-order valence-electron chi connectivity index (χ3n) is 11.9. The first kappa shape index (κ1) is 33.0. The lowest BCUT2D eigenvalue weighted by Gasteiger charge is -2.41. The summed E-state index contributed by atoms with van der Waals surface area (Å²) in [6.45, 7) is 0. The molecule has 0 atom stereocenters. The molecule has 0 saturated carbocycles. The van der Waals surface area contributed by atoms with Crippen molar-refractivity contribution in [2.24, 2.45) is 0 Å². The minimum Gasteiger partial charge on any atom is -0.263 e. The molecule has 1 aliphatic carbocycles. The van der Waals surface area contributed by atoms with E-state index >= 15 is 0 Å². The highest BCUT2D eigenvalue weighted by Crippen LogP contribution is 2.64. The van der Waals surface area contributed by atoms with Crippen LogP contribution in [0.4, 0.5) is 0 Å². The first-order valence-corrected chi connectivity index (χ1v) is 20.4. The summed E-state index contributed by atoms with van der Waals surface area (Å²) in [5, 5.41) is 4.54. The molecule has 0 amide bonds. The van der Waals surface area contributed by atoms with Crippen molar-refractivity contribution < 1.29 is 0 Å². The van der Waals surface area contributed by atoms with E-state index in [4.69, 9.17) is 19.9 Å². The fraction of sp³-hybridized carbons (Fsp3) is 0.0189. The van der Waals surface area contributed by atoms with Crippen LogP contribution in [0.1, 0.15) is 22.3 Å². The van der Waals surface area contributed by atoms with Crippen LogP contribution in [0.3, 0.4) is 0 Å². The van der Waals surface area contributed by atoms with Crippen molar-refractivity contribution >= 4 is 33.3 Å². The Hall–Kier alpha value is -7.21. The van der Waals surface area contributed by atoms with Gasteiger partial charge in [-0.05, 0) is 55.1 Å². The van der Waals surface area contributed by atoms with Crippen molar-refractivity contribution in [3.63, 3.8) is 0 Å². The number of fused-ring (bicyclic) bond motifs is 11. The molecular formula is C53H32N4S. The topological polar surface area (TPSA) is 51.6 Å². The van der Waals surface area contributed by atoms with E-state index in [1.807, 2.05) is 42.4 Å². The SMILES string of the molecule is c1ccc(-c2nc(-c3cccc4c3Sc3c(-c5cncc6ccccc56)cccc3C43c4ccccc4-c4ccccc43)nc(-c3cccc4ccccc34)n2)cc1. The van der Waals surface area contributed by atoms with Gasteiger partial charge in [-0.25, -0.2) is 15.0 Å². The molecule has 0 N–H and O–H groups in total. The van der Waals surface area contributed by atoms with Crippen LogP contribution in [0.25, 0.3) is 78.0 Å². The molecule has 8 aromatic carbocycles. The molecule has 0 saturated heterocycles. The molecule has 1 aliphatic heterocycles. The molecule has 4 nitrogen and oxygen atoms in total. The van der Waals surface area contributed by atoms with E-state index in [9.17, 15) is 0 Å². The Morgan fingerprint density at radius 2 is 0.810 bits per heavy atom. The molecule has 0 radical (unpaired) electrons. The number of benzene rings is 8. The van der Waals surface area contributed by atoms with Gasteiger partial charge >= 0.3 is 0 Å². The minimum atomic E-state index is -0.596. The maximum Gasteiger partial charge on any atom is 0.165 e. The summed E-state index contributed by atoms with van der Waals surface area (Å²) in [6.07, 6.45) is 3.98. The summed E-state index contributed by atoms with van der Waals surface area (Å²) < 4.78 is 0. The van der Waals surface area contributed by atoms with E-state index in [0.29, 0.717) is 17.5 Å². The molecule has 0 fully saturated rings. The molecule has 10 aromatic rings. The van der Waals surface area contributed by atoms with Gasteiger partial charge in [0.2, 0.25) is 0 Å². The van der Waals surface area contributed by atoms with Gasteiger partial charge in [0.05, 0.1) is 5.41 Å². The van der Waals surface area contributed by atoms with Crippen LogP contribution in [0.5, 0.6) is 0 Å². The summed E-state index contributed by atoms with van der Waals surface area (Å²) >= 11 is 1.82. The molecule has 0 unspecified atom stereocenters. The van der Waals surface area contributed by atoms with Gasteiger partial charge < -0.3 is 0 Å². The molecule has 58 heavy (non-hydrogen) atoms. The third-order valence-corrected chi connectivity index (χ3v) is 13.2. The summed E-state index contributed by atoms with van der Waals surface area (Å²) in [6, 6.07) is 65.0. The molecule has 270 valence electrons. The zero-order valence-corrected chi connectivity index (χ0v) is 32.0. The van der Waals surface area contributed by atoms with E-state index in [1.165, 1.54) is 43.7 Å². The van der Waals surface area contributed by atoms with Gasteiger partial charge in [-0.15, -0.1) is 0 Å². The van der Waals surface area contributed by atoms with Crippen molar-refractivity contribution in [2.75, 3.05) is 0 Å². The molecule has 1 spiro atoms. The lowest BCUT2D eigenvalue weighted by atomic mass is 9.66. The quantitative estimate of drug-likeness (QED) is 0.179. The molecule has 5 heteroatoms. The van der Waals surface area contributed by atoms with E-state index < -0.39 is 5.41 Å². The molecular weight excluding hydrogens is 725 g/mol. The van der Waals surface area contributed by atoms with Crippen molar-refractivity contribution in [3.05, 3.63) is 217 Å². The molecule has 2 aliphatic rings. The molecule has 2 aromatic heterocycles. The van der Waals surface area contributed by atoms with Crippen LogP contribution in [0.2, 0.25) is 0 Å². The summed E-state index contributed by atoms with van der Waals surface area (Å²) in [7, 11) is 0. The predicted molar refractivity (Wildman–Crippen MR) is 236 cm³/mol. The van der Waals surface area contributed by atoms with Crippen LogP contribution < -0.4 is 0 Å². The Morgan fingerprint density at radius 3 is 1.55 bits per heavy atom. The van der Waals surface area contributed by atoms with Crippen LogP contribution in [0, 0.1) is 0 Å². The lowest BCUT2D eigenvalue weighted by Crippen LogP contribution is -2.32. The van der Waals surface area contributed by atoms with E-state index in [2.05, 4.69) is 164 Å². The van der Waals surface area contributed by atoms with Gasteiger partial charge in [0.15, 0.2) is 17.5 Å². The van der Waals surface area contributed by atoms with E-state index in [1.54, 1.807) is 0 Å². The number of hydrogen-bond donors (Lipinski definition) is 0. The highest BCUT2D eigenvalue weighted by molar-refractivity contribution is 7.99. The average molecular weight is 757 g/mol. The minimum absolute atomic E-state index is 0.596. The Kier molecular flexibility index (Phi) is 7.34. The second-order valence-corrected chi connectivity index (χ2v) is 15.9. The summed E-state index contributed by atoms with van der Waals surface area (Å²) in [5.41, 5.74) is 12.1. The largest absolute Gasteiger partial charge is 0.263 e. The first-order valence-electron chi connectivity index (χ1n) is 19.5. The van der Waals surface area contributed by atoms with E-state index in [0.717, 1.165) is 48.9 Å². The zero-order chi connectivity index (χ0) is 38.2. The fourth-order valence-corrected chi connectivity index (χ4v) is 10.8. The van der Waals surface area contributed by atoms with Gasteiger partial charge in [0.1, 0.15) is 0 Å². The van der Waals surface area contributed by atoms with Crippen molar-refractivity contribution in [3.8, 4) is 56.4 Å². The summed E-state index contributed by atoms with van der Waals surface area (Å²) in [5.74, 6) is 1.93. The number of aromatic nitrogens is 4.